The van der Waals surface area contributed by atoms with Crippen LogP contribution in [0.3, 0.4) is 0 Å². The Morgan fingerprint density at radius 3 is 1.38 bits per heavy atom. The summed E-state index contributed by atoms with van der Waals surface area (Å²) in [5.74, 6) is -0.851. The van der Waals surface area contributed by atoms with E-state index in [1.165, 1.54) is 51.0 Å². The zero-order valence-corrected chi connectivity index (χ0v) is 45.6. The maximum atomic E-state index is 12.8. The van der Waals surface area contributed by atoms with Crippen molar-refractivity contribution in [2.45, 2.75) is 257 Å². The number of allylic oxidation sites excluding steroid dienone is 1. The molecule has 0 aromatic heterocycles. The van der Waals surface area contributed by atoms with Crippen LogP contribution in [-0.4, -0.2) is 299 Å². The largest absolute Gasteiger partial charge is 0.394 e. The Hall–Kier alpha value is -2.36. The van der Waals surface area contributed by atoms with Crippen LogP contribution < -0.4 is 10.6 Å². The minimum atomic E-state index is -2.17. The van der Waals surface area contributed by atoms with Crippen LogP contribution in [-0.2, 0) is 57.0 Å². The van der Waals surface area contributed by atoms with E-state index in [1.807, 2.05) is 0 Å². The molecule has 0 radical (unpaired) electrons. The number of carbonyl (C=O) groups is 2. The van der Waals surface area contributed by atoms with E-state index in [0.29, 0.717) is 12.8 Å². The van der Waals surface area contributed by atoms with Gasteiger partial charge in [0.25, 0.3) is 0 Å². The summed E-state index contributed by atoms with van der Waals surface area (Å²) in [7, 11) is 0. The standard InChI is InChI=1S/C51H90N2O28/c1-3-4-5-6-7-8-9-10-11-12-13-14-15-16-26(61)25(52-23-59)22-72-48-40(69)38(67)43(31(21-58)77-48)78-50-41(70)45(35(64)29(19-56)75-50)80-47-32(53-24(2)60)44(34(63)28(18-55)73-47)79-51-42(71)46(36(65)30(20-57)76-51)81-49-39(68)37(66)33(62)27(17-54)74-49/h15-16,23,25-51,54-58,61-71H,3-14,17-22H2,1-2H3,(H,52,59)(H,53,60)/b16-15+/t25-,26+,27+,28+,29+,30+,31+,32+,33-,34+,35-,36-,37-,38+,39+,40+,41+,42+,43+,44+,45-,46-,47-,48+,49+,50-,51-/m0/s1. The first kappa shape index (κ1) is 69.4. The van der Waals surface area contributed by atoms with E-state index in [9.17, 15) is 91.3 Å². The van der Waals surface area contributed by atoms with Gasteiger partial charge in [-0.25, -0.2) is 0 Å². The van der Waals surface area contributed by atoms with E-state index < -0.39 is 211 Å². The van der Waals surface area contributed by atoms with Crippen molar-refractivity contribution in [3.63, 3.8) is 0 Å². The molecule has 0 aromatic carbocycles. The molecule has 2 amide bonds. The SMILES string of the molecule is CCCCCCCCCCCCC/C=C/[C@@H](O)[C@H](CO[C@@H]1O[C@H](CO)[C@@H](O[C@@H]2O[C@H](CO)[C@H](O)[C@H](O[C@@H]3O[C@H](CO)[C@@H](O)[C@H](O[C@@H]4O[C@H](CO)[C@H](O)[C@H](O[C@H]5O[C@H](CO)[C@H](O)[C@H](O)[C@H]5O)[C@H]4O)[C@H]3NC(C)=O)[C@H]2O)[C@H](O)[C@H]1O)NC=O. The number of rotatable bonds is 33. The summed E-state index contributed by atoms with van der Waals surface area (Å²) < 4.78 is 57.5. The van der Waals surface area contributed by atoms with Gasteiger partial charge >= 0.3 is 0 Å². The summed E-state index contributed by atoms with van der Waals surface area (Å²) >= 11 is 0. The van der Waals surface area contributed by atoms with E-state index >= 15 is 0 Å². The number of aliphatic hydroxyl groups is 16. The number of carbonyl (C=O) groups excluding carboxylic acids is 2. The average Bonchev–Trinajstić information content (AvgIpc) is 3.66. The molecular formula is C51H90N2O28. The van der Waals surface area contributed by atoms with Gasteiger partial charge in [-0.2, -0.15) is 0 Å². The Balaban J connectivity index is 1.24. The molecule has 30 heteroatoms. The van der Waals surface area contributed by atoms with Crippen molar-refractivity contribution >= 4 is 12.3 Å². The first-order valence-electron chi connectivity index (χ1n) is 28.0. The van der Waals surface area contributed by atoms with Crippen molar-refractivity contribution < 1.29 is 139 Å². The van der Waals surface area contributed by atoms with Crippen LogP contribution in [0.5, 0.6) is 0 Å². The quantitative estimate of drug-likeness (QED) is 0.0165. The van der Waals surface area contributed by atoms with Crippen molar-refractivity contribution in [3.8, 4) is 0 Å². The highest BCUT2D eigenvalue weighted by atomic mass is 16.8. The van der Waals surface area contributed by atoms with Crippen LogP contribution in [0.4, 0.5) is 0 Å². The molecule has 5 aliphatic rings. The molecule has 472 valence electrons. The van der Waals surface area contributed by atoms with E-state index in [-0.39, 0.29) is 0 Å². The third-order valence-corrected chi connectivity index (χ3v) is 15.1. The molecule has 0 saturated carbocycles. The van der Waals surface area contributed by atoms with Crippen LogP contribution in [0.1, 0.15) is 90.9 Å². The zero-order chi connectivity index (χ0) is 59.5. The number of nitrogens with one attached hydrogen (secondary N) is 2. The van der Waals surface area contributed by atoms with Gasteiger partial charge in [-0.3, -0.25) is 9.59 Å². The first-order chi connectivity index (χ1) is 38.8. The van der Waals surface area contributed by atoms with Crippen LogP contribution in [0.2, 0.25) is 0 Å². The minimum Gasteiger partial charge on any atom is -0.394 e. The maximum absolute atomic E-state index is 12.8. The Morgan fingerprint density at radius 1 is 0.481 bits per heavy atom. The van der Waals surface area contributed by atoms with Gasteiger partial charge in [0.2, 0.25) is 12.3 Å². The normalized spacial score (nSPS) is 41.2. The molecule has 27 atom stereocenters. The summed E-state index contributed by atoms with van der Waals surface area (Å²) in [5, 5.41) is 178. The Labute approximate surface area is 469 Å². The molecule has 5 rings (SSSR count). The molecule has 0 aliphatic carbocycles. The molecule has 5 heterocycles. The molecule has 30 nitrogen and oxygen atoms in total. The third-order valence-electron chi connectivity index (χ3n) is 15.1. The second-order valence-corrected chi connectivity index (χ2v) is 21.1. The molecule has 5 saturated heterocycles. The van der Waals surface area contributed by atoms with Gasteiger partial charge < -0.3 is 140 Å². The lowest BCUT2D eigenvalue weighted by molar-refractivity contribution is -0.386. The molecule has 0 bridgehead atoms. The summed E-state index contributed by atoms with van der Waals surface area (Å²) in [6.07, 6.45) is -29.3. The van der Waals surface area contributed by atoms with Crippen molar-refractivity contribution in [2.75, 3.05) is 39.6 Å². The van der Waals surface area contributed by atoms with Gasteiger partial charge in [-0.05, 0) is 12.8 Å². The topological polar surface area (TPSA) is 474 Å². The molecular weight excluding hydrogens is 1090 g/mol. The van der Waals surface area contributed by atoms with Gasteiger partial charge in [-0.15, -0.1) is 0 Å². The van der Waals surface area contributed by atoms with Crippen molar-refractivity contribution in [3.05, 3.63) is 12.2 Å². The van der Waals surface area contributed by atoms with Gasteiger partial charge in [0.15, 0.2) is 31.5 Å². The number of hydrogen-bond acceptors (Lipinski definition) is 28. The van der Waals surface area contributed by atoms with E-state index in [2.05, 4.69) is 17.6 Å². The lowest BCUT2D eigenvalue weighted by Gasteiger charge is -2.50. The number of hydrogen-bond donors (Lipinski definition) is 18. The lowest BCUT2D eigenvalue weighted by Crippen LogP contribution is -2.70. The fourth-order valence-corrected chi connectivity index (χ4v) is 10.4. The number of aliphatic hydroxyl groups excluding tert-OH is 16. The Bertz CT molecular complexity index is 1820. The summed E-state index contributed by atoms with van der Waals surface area (Å²) in [5.41, 5.74) is 0. The Morgan fingerprint density at radius 2 is 0.889 bits per heavy atom. The molecule has 18 N–H and O–H groups in total. The second-order valence-electron chi connectivity index (χ2n) is 21.1. The van der Waals surface area contributed by atoms with Crippen LogP contribution >= 0.6 is 0 Å². The molecule has 81 heavy (non-hydrogen) atoms. The molecule has 0 spiro atoms. The van der Waals surface area contributed by atoms with E-state index in [4.69, 9.17) is 47.4 Å². The minimum absolute atomic E-state index is 0.343. The van der Waals surface area contributed by atoms with E-state index in [0.717, 1.165) is 32.6 Å². The fourth-order valence-electron chi connectivity index (χ4n) is 10.4. The number of unbranched alkanes of at least 4 members (excludes halogenated alkanes) is 11. The summed E-state index contributed by atoms with van der Waals surface area (Å²) in [6.45, 7) is -2.00. The number of ether oxygens (including phenoxy) is 10. The summed E-state index contributed by atoms with van der Waals surface area (Å²) in [6, 6.07) is -2.82. The summed E-state index contributed by atoms with van der Waals surface area (Å²) in [4.78, 5) is 24.3. The highest BCUT2D eigenvalue weighted by Gasteiger charge is 2.57. The molecule has 0 unspecified atom stereocenters. The molecule has 0 aromatic rings. The van der Waals surface area contributed by atoms with Crippen LogP contribution in [0.25, 0.3) is 0 Å². The maximum Gasteiger partial charge on any atom is 0.217 e. The van der Waals surface area contributed by atoms with Crippen molar-refractivity contribution in [1.82, 2.24) is 10.6 Å². The molecule has 5 fully saturated rings. The Kier molecular flexibility index (Phi) is 29.7. The average molecular weight is 1180 g/mol. The lowest BCUT2D eigenvalue weighted by atomic mass is 9.94. The number of amides is 2. The fraction of sp³-hybridized carbons (Fsp3) is 0.922. The highest BCUT2D eigenvalue weighted by molar-refractivity contribution is 5.73. The van der Waals surface area contributed by atoms with Crippen LogP contribution in [0.15, 0.2) is 12.2 Å². The monoisotopic (exact) mass is 1180 g/mol. The van der Waals surface area contributed by atoms with Gasteiger partial charge in [-0.1, -0.05) is 83.3 Å². The predicted molar refractivity (Wildman–Crippen MR) is 271 cm³/mol. The highest BCUT2D eigenvalue weighted by Crippen LogP contribution is 2.36. The smallest absolute Gasteiger partial charge is 0.217 e. The van der Waals surface area contributed by atoms with Crippen LogP contribution in [0, 0.1) is 0 Å². The predicted octanol–water partition coefficient (Wildman–Crippen LogP) is -7.02. The third kappa shape index (κ3) is 18.6. The zero-order valence-electron chi connectivity index (χ0n) is 45.6. The van der Waals surface area contributed by atoms with Crippen molar-refractivity contribution in [2.24, 2.45) is 0 Å². The molecule has 5 aliphatic heterocycles. The van der Waals surface area contributed by atoms with E-state index in [1.54, 1.807) is 6.08 Å². The van der Waals surface area contributed by atoms with Gasteiger partial charge in [0.1, 0.15) is 122 Å². The first-order valence-corrected chi connectivity index (χ1v) is 28.0. The second kappa shape index (κ2) is 34.7. The van der Waals surface area contributed by atoms with Gasteiger partial charge in [0, 0.05) is 6.92 Å². The van der Waals surface area contributed by atoms with Crippen molar-refractivity contribution in [1.29, 1.82) is 0 Å². The van der Waals surface area contributed by atoms with Gasteiger partial charge in [0.05, 0.1) is 51.8 Å².